The summed E-state index contributed by atoms with van der Waals surface area (Å²) in [6.45, 7) is 1.89. The maximum Gasteiger partial charge on any atom is 0.240 e. The van der Waals surface area contributed by atoms with E-state index in [0.29, 0.717) is 38.8 Å². The zero-order valence-corrected chi connectivity index (χ0v) is 15.2. The number of rotatable bonds is 3. The van der Waals surface area contributed by atoms with Crippen molar-refractivity contribution >= 4 is 41.1 Å². The number of halogens is 2. The van der Waals surface area contributed by atoms with Gasteiger partial charge >= 0.3 is 0 Å². The minimum absolute atomic E-state index is 0.303. The Morgan fingerprint density at radius 3 is 2.77 bits per heavy atom. The van der Waals surface area contributed by atoms with Gasteiger partial charge in [0.1, 0.15) is 16.7 Å². The number of hydrogen-bond donors (Lipinski definition) is 0. The summed E-state index contributed by atoms with van der Waals surface area (Å²) in [7, 11) is 0. The van der Waals surface area contributed by atoms with Crippen LogP contribution in [0.4, 0.5) is 5.69 Å². The molecule has 4 rings (SSSR count). The Morgan fingerprint density at radius 1 is 1.19 bits per heavy atom. The molecule has 0 saturated carbocycles. The van der Waals surface area contributed by atoms with Crippen molar-refractivity contribution in [2.45, 2.75) is 13.0 Å². The molecule has 0 fully saturated rings. The Labute approximate surface area is 159 Å². The number of aliphatic imine (C=N–C) groups is 1. The van der Waals surface area contributed by atoms with Crippen LogP contribution in [0.25, 0.3) is 5.82 Å². The molecule has 3 heterocycles. The number of aryl methyl sites for hydroxylation is 1. The number of nitrogens with zero attached hydrogens (tertiary/aromatic N) is 3. The van der Waals surface area contributed by atoms with Crippen LogP contribution in [0.1, 0.15) is 22.9 Å². The van der Waals surface area contributed by atoms with E-state index in [0.717, 1.165) is 11.8 Å². The van der Waals surface area contributed by atoms with E-state index in [1.807, 2.05) is 25.1 Å². The van der Waals surface area contributed by atoms with Gasteiger partial charge in [-0.3, -0.25) is 9.36 Å². The van der Waals surface area contributed by atoms with E-state index < -0.39 is 6.10 Å². The van der Waals surface area contributed by atoms with Crippen molar-refractivity contribution in [1.29, 1.82) is 0 Å². The first kappa shape index (κ1) is 16.8. The van der Waals surface area contributed by atoms with E-state index >= 15 is 0 Å². The van der Waals surface area contributed by atoms with Gasteiger partial charge in [0.05, 0.1) is 5.69 Å². The lowest BCUT2D eigenvalue weighted by molar-refractivity contribution is -0.114. The van der Waals surface area contributed by atoms with Gasteiger partial charge in [-0.15, -0.1) is 0 Å². The summed E-state index contributed by atoms with van der Waals surface area (Å²) in [6, 6.07) is 12.5. The van der Waals surface area contributed by atoms with Gasteiger partial charge in [0, 0.05) is 16.8 Å². The highest BCUT2D eigenvalue weighted by Gasteiger charge is 2.28. The number of aromatic nitrogens is 2. The van der Waals surface area contributed by atoms with Gasteiger partial charge in [-0.05, 0) is 48.9 Å². The molecule has 130 valence electrons. The summed E-state index contributed by atoms with van der Waals surface area (Å²) in [6.07, 6.45) is 1.62. The molecule has 0 saturated heterocycles. The third kappa shape index (κ3) is 2.79. The van der Waals surface area contributed by atoms with Crippen LogP contribution in [-0.2, 0) is 9.53 Å². The highest BCUT2D eigenvalue weighted by atomic mass is 35.5. The first-order valence-electron chi connectivity index (χ1n) is 7.88. The van der Waals surface area contributed by atoms with Crippen molar-refractivity contribution < 1.29 is 9.53 Å². The second-order valence-corrected chi connectivity index (χ2v) is 6.64. The predicted octanol–water partition coefficient (Wildman–Crippen LogP) is 4.84. The fraction of sp³-hybridized carbons (Fsp3) is 0.105. The first-order valence-corrected chi connectivity index (χ1v) is 8.64. The van der Waals surface area contributed by atoms with E-state index in [-0.39, 0.29) is 0 Å². The quantitative estimate of drug-likeness (QED) is 0.606. The Kier molecular flexibility index (Phi) is 4.26. The number of fused-ring (bicyclic) bond motifs is 1. The van der Waals surface area contributed by atoms with Crippen LogP contribution in [0.15, 0.2) is 53.7 Å². The van der Waals surface area contributed by atoms with Crippen molar-refractivity contribution in [3.8, 4) is 5.82 Å². The van der Waals surface area contributed by atoms with Gasteiger partial charge in [0.2, 0.25) is 5.90 Å². The Balaban J connectivity index is 1.90. The van der Waals surface area contributed by atoms with E-state index in [9.17, 15) is 4.79 Å². The van der Waals surface area contributed by atoms with Crippen LogP contribution in [0.5, 0.6) is 0 Å². The van der Waals surface area contributed by atoms with Crippen molar-refractivity contribution in [2.75, 3.05) is 0 Å². The minimum Gasteiger partial charge on any atom is -0.460 e. The van der Waals surface area contributed by atoms with E-state index in [1.165, 1.54) is 0 Å². The van der Waals surface area contributed by atoms with Crippen LogP contribution >= 0.6 is 23.2 Å². The highest BCUT2D eigenvalue weighted by Crippen LogP contribution is 2.38. The average Bonchev–Trinajstić information content (AvgIpc) is 3.03. The Morgan fingerprint density at radius 2 is 2.04 bits per heavy atom. The Hall–Kier alpha value is -2.63. The standard InChI is InChI=1S/C19H13Cl2N3O2/c1-11-8-12(20)9-13-15(10-25)26-19(23-18(11)13)14-5-6-16(21)24(14)17-4-2-3-7-22-17/h2-10,15H,1H3. The van der Waals surface area contributed by atoms with Gasteiger partial charge in [-0.25, -0.2) is 9.98 Å². The van der Waals surface area contributed by atoms with Crippen LogP contribution in [0.3, 0.4) is 0 Å². The van der Waals surface area contributed by atoms with E-state index in [1.54, 1.807) is 35.0 Å². The molecule has 3 aromatic rings. The molecule has 1 unspecified atom stereocenters. The summed E-state index contributed by atoms with van der Waals surface area (Å²) in [5, 5.41) is 1.00. The number of carbonyl (C=O) groups excluding carboxylic acids is 1. The van der Waals surface area contributed by atoms with Gasteiger partial charge in [-0.2, -0.15) is 0 Å². The van der Waals surface area contributed by atoms with Crippen LogP contribution in [-0.4, -0.2) is 21.7 Å². The van der Waals surface area contributed by atoms with Gasteiger partial charge in [0.15, 0.2) is 12.4 Å². The topological polar surface area (TPSA) is 56.5 Å². The molecule has 26 heavy (non-hydrogen) atoms. The molecule has 5 nitrogen and oxygen atoms in total. The van der Waals surface area contributed by atoms with Crippen molar-refractivity contribution in [3.05, 3.63) is 75.7 Å². The molecule has 1 aliphatic heterocycles. The van der Waals surface area contributed by atoms with Crippen LogP contribution in [0.2, 0.25) is 10.2 Å². The maximum absolute atomic E-state index is 11.6. The van der Waals surface area contributed by atoms with Crippen molar-refractivity contribution in [1.82, 2.24) is 9.55 Å². The monoisotopic (exact) mass is 385 g/mol. The molecule has 0 N–H and O–H groups in total. The molecule has 2 aromatic heterocycles. The molecule has 1 atom stereocenters. The third-order valence-electron chi connectivity index (χ3n) is 4.11. The number of benzene rings is 1. The number of pyridine rings is 1. The SMILES string of the molecule is Cc1cc(Cl)cc2c1N=C(c1ccc(Cl)n1-c1ccccn1)OC2C=O. The lowest BCUT2D eigenvalue weighted by Gasteiger charge is -2.24. The molecular formula is C19H13Cl2N3O2. The third-order valence-corrected chi connectivity index (χ3v) is 4.62. The number of carbonyl (C=O) groups is 1. The molecule has 0 spiro atoms. The molecule has 1 aromatic carbocycles. The maximum atomic E-state index is 11.6. The zero-order valence-electron chi connectivity index (χ0n) is 13.7. The van der Waals surface area contributed by atoms with Crippen LogP contribution in [0, 0.1) is 6.92 Å². The van der Waals surface area contributed by atoms with E-state index in [4.69, 9.17) is 27.9 Å². The molecule has 0 amide bonds. The lowest BCUT2D eigenvalue weighted by Crippen LogP contribution is -2.21. The summed E-state index contributed by atoms with van der Waals surface area (Å²) >= 11 is 12.5. The molecular weight excluding hydrogens is 373 g/mol. The molecule has 7 heteroatoms. The summed E-state index contributed by atoms with van der Waals surface area (Å²) < 4.78 is 7.57. The number of ether oxygens (including phenoxy) is 1. The molecule has 0 bridgehead atoms. The predicted molar refractivity (Wildman–Crippen MR) is 101 cm³/mol. The highest BCUT2D eigenvalue weighted by molar-refractivity contribution is 6.31. The van der Waals surface area contributed by atoms with Gasteiger partial charge < -0.3 is 4.74 Å². The Bertz CT molecular complexity index is 1030. The van der Waals surface area contributed by atoms with Gasteiger partial charge in [-0.1, -0.05) is 29.3 Å². The molecule has 0 radical (unpaired) electrons. The smallest absolute Gasteiger partial charge is 0.240 e. The number of aldehydes is 1. The molecule has 0 aliphatic carbocycles. The number of hydrogen-bond acceptors (Lipinski definition) is 4. The fourth-order valence-corrected chi connectivity index (χ4v) is 3.48. The summed E-state index contributed by atoms with van der Waals surface area (Å²) in [5.74, 6) is 0.933. The summed E-state index contributed by atoms with van der Waals surface area (Å²) in [5.41, 5.74) is 2.80. The van der Waals surface area contributed by atoms with Crippen LogP contribution < -0.4 is 0 Å². The van der Waals surface area contributed by atoms with Crippen molar-refractivity contribution in [3.63, 3.8) is 0 Å². The summed E-state index contributed by atoms with van der Waals surface area (Å²) in [4.78, 5) is 20.6. The van der Waals surface area contributed by atoms with E-state index in [2.05, 4.69) is 9.98 Å². The van der Waals surface area contributed by atoms with Crippen molar-refractivity contribution in [2.24, 2.45) is 4.99 Å². The largest absolute Gasteiger partial charge is 0.460 e. The minimum atomic E-state index is -0.791. The first-order chi connectivity index (χ1) is 12.6. The second-order valence-electron chi connectivity index (χ2n) is 5.82. The van der Waals surface area contributed by atoms with Gasteiger partial charge in [0.25, 0.3) is 0 Å². The average molecular weight is 386 g/mol. The fourth-order valence-electron chi connectivity index (χ4n) is 2.96. The normalized spacial score (nSPS) is 15.8. The molecule has 1 aliphatic rings. The lowest BCUT2D eigenvalue weighted by atomic mass is 10.0. The zero-order chi connectivity index (χ0) is 18.3. The second kappa shape index (κ2) is 6.59.